The van der Waals surface area contributed by atoms with E-state index in [1.807, 2.05) is 52.9 Å². The monoisotopic (exact) mass is 370 g/mol. The first-order valence-corrected chi connectivity index (χ1v) is 8.96. The van der Waals surface area contributed by atoms with Crippen molar-refractivity contribution in [2.75, 3.05) is 18.4 Å². The van der Waals surface area contributed by atoms with Crippen molar-refractivity contribution in [1.82, 2.24) is 25.0 Å². The summed E-state index contributed by atoms with van der Waals surface area (Å²) in [4.78, 5) is 30.8. The van der Waals surface area contributed by atoms with Crippen LogP contribution in [0.3, 0.4) is 0 Å². The number of nitrogens with one attached hydrogen (secondary N) is 2. The van der Waals surface area contributed by atoms with Gasteiger partial charge in [-0.3, -0.25) is 14.3 Å². The van der Waals surface area contributed by atoms with E-state index < -0.39 is 0 Å². The SMILES string of the molecule is Cc1cc(Nc2ccc3c(n2)C(=O)N(CC(=O)NCC(C)(C)C)C3)n(C)n1. The maximum Gasteiger partial charge on any atom is 0.273 e. The molecular weight excluding hydrogens is 344 g/mol. The van der Waals surface area contributed by atoms with Crippen LogP contribution < -0.4 is 10.6 Å². The molecule has 0 bridgehead atoms. The highest BCUT2D eigenvalue weighted by Gasteiger charge is 2.30. The molecule has 0 atom stereocenters. The number of nitrogens with zero attached hydrogens (tertiary/aromatic N) is 4. The van der Waals surface area contributed by atoms with Gasteiger partial charge in [-0.15, -0.1) is 0 Å². The molecule has 0 aliphatic carbocycles. The lowest BCUT2D eigenvalue weighted by Crippen LogP contribution is -2.40. The predicted molar refractivity (Wildman–Crippen MR) is 103 cm³/mol. The lowest BCUT2D eigenvalue weighted by molar-refractivity contribution is -0.122. The summed E-state index contributed by atoms with van der Waals surface area (Å²) in [6.07, 6.45) is 0. The van der Waals surface area contributed by atoms with Gasteiger partial charge >= 0.3 is 0 Å². The summed E-state index contributed by atoms with van der Waals surface area (Å²) in [6.45, 7) is 9.06. The predicted octanol–water partition coefficient (Wildman–Crippen LogP) is 1.99. The van der Waals surface area contributed by atoms with Crippen molar-refractivity contribution >= 4 is 23.5 Å². The maximum absolute atomic E-state index is 12.6. The first-order chi connectivity index (χ1) is 12.6. The minimum atomic E-state index is -0.222. The van der Waals surface area contributed by atoms with Crippen LogP contribution in [-0.4, -0.2) is 44.6 Å². The molecule has 1 aliphatic heterocycles. The molecule has 0 radical (unpaired) electrons. The highest BCUT2D eigenvalue weighted by atomic mass is 16.2. The van der Waals surface area contributed by atoms with E-state index in [0.29, 0.717) is 24.6 Å². The molecule has 8 heteroatoms. The zero-order chi connectivity index (χ0) is 19.8. The fourth-order valence-corrected chi connectivity index (χ4v) is 2.88. The standard InChI is InChI=1S/C19H26N6O2/c1-12-8-15(24(5)23-12)21-14-7-6-13-9-25(18(27)17(13)22-14)10-16(26)20-11-19(2,3)4/h6-8H,9-11H2,1-5H3,(H,20,26)(H,21,22). The number of pyridine rings is 1. The van der Waals surface area contributed by atoms with Gasteiger partial charge in [0.05, 0.1) is 5.69 Å². The van der Waals surface area contributed by atoms with Crippen molar-refractivity contribution in [3.05, 3.63) is 35.2 Å². The summed E-state index contributed by atoms with van der Waals surface area (Å²) in [5.41, 5.74) is 2.11. The molecule has 3 heterocycles. The second-order valence-electron chi connectivity index (χ2n) is 8.12. The normalized spacial score (nSPS) is 13.7. The summed E-state index contributed by atoms with van der Waals surface area (Å²) in [7, 11) is 1.84. The fraction of sp³-hybridized carbons (Fsp3) is 0.474. The van der Waals surface area contributed by atoms with Gasteiger partial charge in [-0.05, 0) is 18.4 Å². The number of carbonyl (C=O) groups is 2. The van der Waals surface area contributed by atoms with E-state index in [2.05, 4.69) is 20.7 Å². The number of amides is 2. The van der Waals surface area contributed by atoms with Crippen LogP contribution >= 0.6 is 0 Å². The van der Waals surface area contributed by atoms with Crippen molar-refractivity contribution in [2.24, 2.45) is 12.5 Å². The number of anilines is 2. The third-order valence-corrected chi connectivity index (χ3v) is 4.24. The van der Waals surface area contributed by atoms with Gasteiger partial charge in [0, 0.05) is 31.8 Å². The fourth-order valence-electron chi connectivity index (χ4n) is 2.88. The molecule has 0 aromatic carbocycles. The van der Waals surface area contributed by atoms with Crippen molar-refractivity contribution < 1.29 is 9.59 Å². The Hall–Kier alpha value is -2.90. The summed E-state index contributed by atoms with van der Waals surface area (Å²) in [6, 6.07) is 5.61. The average Bonchev–Trinajstić information content (AvgIpc) is 3.05. The minimum Gasteiger partial charge on any atom is -0.354 e. The number of carbonyl (C=O) groups excluding carboxylic acids is 2. The third kappa shape index (κ3) is 4.45. The molecular formula is C19H26N6O2. The van der Waals surface area contributed by atoms with Crippen LogP contribution in [0.25, 0.3) is 0 Å². The first kappa shape index (κ1) is 18.9. The van der Waals surface area contributed by atoms with Gasteiger partial charge in [0.15, 0.2) is 0 Å². The van der Waals surface area contributed by atoms with E-state index in [9.17, 15) is 9.59 Å². The lowest BCUT2D eigenvalue weighted by Gasteiger charge is -2.20. The first-order valence-electron chi connectivity index (χ1n) is 8.96. The van der Waals surface area contributed by atoms with Gasteiger partial charge < -0.3 is 15.5 Å². The van der Waals surface area contributed by atoms with E-state index in [1.165, 1.54) is 4.90 Å². The second-order valence-corrected chi connectivity index (χ2v) is 8.12. The second kappa shape index (κ2) is 7.02. The van der Waals surface area contributed by atoms with Crippen LogP contribution in [0.5, 0.6) is 0 Å². The lowest BCUT2D eigenvalue weighted by atomic mass is 9.97. The van der Waals surface area contributed by atoms with Gasteiger partial charge in [0.2, 0.25) is 5.91 Å². The molecule has 8 nitrogen and oxygen atoms in total. The summed E-state index contributed by atoms with van der Waals surface area (Å²) in [5.74, 6) is 0.989. The van der Waals surface area contributed by atoms with E-state index in [4.69, 9.17) is 0 Å². The molecule has 2 aromatic rings. The third-order valence-electron chi connectivity index (χ3n) is 4.24. The summed E-state index contributed by atoms with van der Waals surface area (Å²) < 4.78 is 1.72. The van der Waals surface area contributed by atoms with Crippen LogP contribution in [0.1, 0.15) is 42.5 Å². The average molecular weight is 370 g/mol. The Morgan fingerprint density at radius 3 is 2.67 bits per heavy atom. The van der Waals surface area contributed by atoms with Gasteiger partial charge in [-0.1, -0.05) is 26.8 Å². The van der Waals surface area contributed by atoms with Crippen LogP contribution in [0, 0.1) is 12.3 Å². The van der Waals surface area contributed by atoms with E-state index in [1.54, 1.807) is 4.68 Å². The number of aromatic nitrogens is 3. The molecule has 1 aliphatic rings. The number of fused-ring (bicyclic) bond motifs is 1. The van der Waals surface area contributed by atoms with Crippen molar-refractivity contribution in [3.63, 3.8) is 0 Å². The quantitative estimate of drug-likeness (QED) is 0.840. The molecule has 0 fully saturated rings. The number of rotatable bonds is 5. The molecule has 0 saturated heterocycles. The Bertz CT molecular complexity index is 881. The molecule has 3 rings (SSSR count). The zero-order valence-corrected chi connectivity index (χ0v) is 16.5. The Morgan fingerprint density at radius 1 is 1.30 bits per heavy atom. The number of hydrogen-bond acceptors (Lipinski definition) is 5. The number of hydrogen-bond donors (Lipinski definition) is 2. The van der Waals surface area contributed by atoms with Gasteiger partial charge in [0.25, 0.3) is 5.91 Å². The Morgan fingerprint density at radius 2 is 2.04 bits per heavy atom. The Balaban J connectivity index is 1.67. The largest absolute Gasteiger partial charge is 0.354 e. The Kier molecular flexibility index (Phi) is 4.91. The maximum atomic E-state index is 12.6. The van der Waals surface area contributed by atoms with Crippen LogP contribution in [0.15, 0.2) is 18.2 Å². The number of aryl methyl sites for hydroxylation is 2. The van der Waals surface area contributed by atoms with Crippen molar-refractivity contribution in [3.8, 4) is 0 Å². The molecule has 2 N–H and O–H groups in total. The highest BCUT2D eigenvalue weighted by molar-refractivity contribution is 5.99. The zero-order valence-electron chi connectivity index (χ0n) is 16.5. The van der Waals surface area contributed by atoms with Crippen LogP contribution in [0.4, 0.5) is 11.6 Å². The molecule has 27 heavy (non-hydrogen) atoms. The van der Waals surface area contributed by atoms with Crippen molar-refractivity contribution in [1.29, 1.82) is 0 Å². The van der Waals surface area contributed by atoms with E-state index in [-0.39, 0.29) is 23.8 Å². The topological polar surface area (TPSA) is 92.1 Å². The van der Waals surface area contributed by atoms with Gasteiger partial charge in [-0.25, -0.2) is 4.98 Å². The van der Waals surface area contributed by atoms with Gasteiger partial charge in [-0.2, -0.15) is 5.10 Å². The molecule has 2 amide bonds. The summed E-state index contributed by atoms with van der Waals surface area (Å²) in [5, 5.41) is 10.3. The van der Waals surface area contributed by atoms with Crippen molar-refractivity contribution in [2.45, 2.75) is 34.2 Å². The molecule has 144 valence electrons. The van der Waals surface area contributed by atoms with Gasteiger partial charge in [0.1, 0.15) is 23.9 Å². The van der Waals surface area contributed by atoms with E-state index in [0.717, 1.165) is 17.1 Å². The smallest absolute Gasteiger partial charge is 0.273 e. The summed E-state index contributed by atoms with van der Waals surface area (Å²) >= 11 is 0. The molecule has 0 spiro atoms. The van der Waals surface area contributed by atoms with Crippen LogP contribution in [0.2, 0.25) is 0 Å². The molecule has 0 unspecified atom stereocenters. The van der Waals surface area contributed by atoms with E-state index >= 15 is 0 Å². The molecule has 2 aromatic heterocycles. The minimum absolute atomic E-state index is 0.0000789. The molecule has 0 saturated carbocycles. The van der Waals surface area contributed by atoms with Crippen LogP contribution in [-0.2, 0) is 18.4 Å². The Labute approximate surface area is 159 Å². The highest BCUT2D eigenvalue weighted by Crippen LogP contribution is 2.24.